The highest BCUT2D eigenvalue weighted by Gasteiger charge is 2.04. The third kappa shape index (κ3) is 3.46. The first-order valence-corrected chi connectivity index (χ1v) is 5.19. The molecule has 0 aliphatic heterocycles. The lowest BCUT2D eigenvalue weighted by molar-refractivity contribution is 0.0944. The standard InChI is InChI=1S/C8H8IN3OS/c9-6-3-1-2-5(4-6)7(13)11-12-8(10)14/h1-4H,(H,11,13)(H3,10,12,14). The average molecular weight is 321 g/mol. The number of carbonyl (C=O) groups excluding carboxylic acids is 1. The molecule has 14 heavy (non-hydrogen) atoms. The predicted octanol–water partition coefficient (Wildman–Crippen LogP) is 0.769. The van der Waals surface area contributed by atoms with Crippen LogP contribution in [0.1, 0.15) is 10.4 Å². The molecule has 0 heterocycles. The van der Waals surface area contributed by atoms with Gasteiger partial charge in [0.2, 0.25) is 0 Å². The number of hydrogen-bond acceptors (Lipinski definition) is 2. The van der Waals surface area contributed by atoms with E-state index in [-0.39, 0.29) is 11.0 Å². The summed E-state index contributed by atoms with van der Waals surface area (Å²) in [6.07, 6.45) is 0. The van der Waals surface area contributed by atoms with Crippen LogP contribution in [0.25, 0.3) is 0 Å². The van der Waals surface area contributed by atoms with Gasteiger partial charge in [-0.3, -0.25) is 15.6 Å². The highest BCUT2D eigenvalue weighted by molar-refractivity contribution is 14.1. The molecule has 0 atom stereocenters. The molecular weight excluding hydrogens is 313 g/mol. The molecule has 4 nitrogen and oxygen atoms in total. The van der Waals surface area contributed by atoms with Crippen molar-refractivity contribution in [1.82, 2.24) is 10.9 Å². The summed E-state index contributed by atoms with van der Waals surface area (Å²) in [7, 11) is 0. The van der Waals surface area contributed by atoms with Crippen molar-refractivity contribution in [3.8, 4) is 0 Å². The van der Waals surface area contributed by atoms with Crippen LogP contribution in [-0.2, 0) is 0 Å². The third-order valence-corrected chi connectivity index (χ3v) is 2.16. The van der Waals surface area contributed by atoms with Gasteiger partial charge >= 0.3 is 0 Å². The summed E-state index contributed by atoms with van der Waals surface area (Å²) in [5.41, 5.74) is 10.4. The van der Waals surface area contributed by atoms with Crippen molar-refractivity contribution >= 4 is 45.8 Å². The largest absolute Gasteiger partial charge is 0.375 e. The molecule has 1 aromatic rings. The van der Waals surface area contributed by atoms with Crippen molar-refractivity contribution in [1.29, 1.82) is 0 Å². The van der Waals surface area contributed by atoms with Crippen LogP contribution in [0.3, 0.4) is 0 Å². The first-order chi connectivity index (χ1) is 6.59. The molecule has 0 spiro atoms. The maximum Gasteiger partial charge on any atom is 0.269 e. The van der Waals surface area contributed by atoms with E-state index in [0.29, 0.717) is 5.56 Å². The lowest BCUT2D eigenvalue weighted by Gasteiger charge is -2.05. The minimum Gasteiger partial charge on any atom is -0.375 e. The molecule has 0 unspecified atom stereocenters. The van der Waals surface area contributed by atoms with Crippen LogP contribution in [0.15, 0.2) is 24.3 Å². The zero-order valence-electron chi connectivity index (χ0n) is 7.08. The van der Waals surface area contributed by atoms with Crippen molar-refractivity contribution < 1.29 is 4.79 Å². The SMILES string of the molecule is NC(=S)NNC(=O)c1cccc(I)c1. The zero-order chi connectivity index (χ0) is 10.6. The second kappa shape index (κ2) is 5.11. The Labute approximate surface area is 100 Å². The number of thiocarbonyl (C=S) groups is 1. The van der Waals surface area contributed by atoms with E-state index in [0.717, 1.165) is 3.57 Å². The van der Waals surface area contributed by atoms with Gasteiger partial charge in [0.25, 0.3) is 5.91 Å². The van der Waals surface area contributed by atoms with Crippen molar-refractivity contribution in [3.05, 3.63) is 33.4 Å². The highest BCUT2D eigenvalue weighted by Crippen LogP contribution is 2.06. The molecule has 1 aromatic carbocycles. The molecule has 6 heteroatoms. The molecule has 0 saturated heterocycles. The van der Waals surface area contributed by atoms with Crippen LogP contribution in [0.2, 0.25) is 0 Å². The van der Waals surface area contributed by atoms with Crippen molar-refractivity contribution in [2.24, 2.45) is 5.73 Å². The number of nitrogens with two attached hydrogens (primary N) is 1. The van der Waals surface area contributed by atoms with Gasteiger partial charge in [0, 0.05) is 9.13 Å². The highest BCUT2D eigenvalue weighted by atomic mass is 127. The van der Waals surface area contributed by atoms with E-state index in [2.05, 4.69) is 45.7 Å². The third-order valence-electron chi connectivity index (χ3n) is 1.39. The summed E-state index contributed by atoms with van der Waals surface area (Å²) < 4.78 is 0.991. The molecule has 0 aliphatic rings. The fraction of sp³-hybridized carbons (Fsp3) is 0. The van der Waals surface area contributed by atoms with Gasteiger partial charge in [0.1, 0.15) is 0 Å². The minimum absolute atomic E-state index is 0.0315. The quantitative estimate of drug-likeness (QED) is 0.406. The summed E-state index contributed by atoms with van der Waals surface area (Å²) in [4.78, 5) is 11.4. The van der Waals surface area contributed by atoms with E-state index in [4.69, 9.17) is 5.73 Å². The molecule has 1 rings (SSSR count). The molecular formula is C8H8IN3OS. The van der Waals surface area contributed by atoms with Gasteiger partial charge in [0.05, 0.1) is 0 Å². The first kappa shape index (κ1) is 11.2. The summed E-state index contributed by atoms with van der Waals surface area (Å²) >= 11 is 6.67. The molecule has 4 N–H and O–H groups in total. The fourth-order valence-corrected chi connectivity index (χ4v) is 1.41. The van der Waals surface area contributed by atoms with Gasteiger partial charge in [-0.25, -0.2) is 0 Å². The molecule has 0 aromatic heterocycles. The molecule has 1 amide bonds. The van der Waals surface area contributed by atoms with Gasteiger partial charge in [0.15, 0.2) is 5.11 Å². The molecule has 0 radical (unpaired) electrons. The van der Waals surface area contributed by atoms with Crippen LogP contribution in [0.4, 0.5) is 0 Å². The normalized spacial score (nSPS) is 9.21. The molecule has 0 bridgehead atoms. The molecule has 0 saturated carbocycles. The lowest BCUT2D eigenvalue weighted by Crippen LogP contribution is -2.44. The van der Waals surface area contributed by atoms with E-state index < -0.39 is 0 Å². The van der Waals surface area contributed by atoms with E-state index in [1.54, 1.807) is 18.2 Å². The number of benzene rings is 1. The summed E-state index contributed by atoms with van der Waals surface area (Å²) in [5.74, 6) is -0.267. The Morgan fingerprint density at radius 2 is 2.14 bits per heavy atom. The number of halogens is 1. The smallest absolute Gasteiger partial charge is 0.269 e. The Morgan fingerprint density at radius 3 is 2.71 bits per heavy atom. The maximum atomic E-state index is 11.4. The van der Waals surface area contributed by atoms with Crippen molar-refractivity contribution in [2.75, 3.05) is 0 Å². The Morgan fingerprint density at radius 1 is 1.43 bits per heavy atom. The van der Waals surface area contributed by atoms with Crippen LogP contribution in [-0.4, -0.2) is 11.0 Å². The Kier molecular flexibility index (Phi) is 4.08. The topological polar surface area (TPSA) is 67.2 Å². The monoisotopic (exact) mass is 321 g/mol. The molecule has 0 fully saturated rings. The summed E-state index contributed by atoms with van der Waals surface area (Å²) in [5, 5.41) is 0.0315. The first-order valence-electron chi connectivity index (χ1n) is 3.71. The number of rotatable bonds is 1. The Bertz CT molecular complexity index is 369. The van der Waals surface area contributed by atoms with E-state index in [1.807, 2.05) is 6.07 Å². The fourth-order valence-electron chi connectivity index (χ4n) is 0.820. The van der Waals surface area contributed by atoms with Gasteiger partial charge in [-0.05, 0) is 53.0 Å². The number of amides is 1. The van der Waals surface area contributed by atoms with E-state index >= 15 is 0 Å². The van der Waals surface area contributed by atoms with Gasteiger partial charge in [-0.2, -0.15) is 0 Å². The lowest BCUT2D eigenvalue weighted by atomic mass is 10.2. The average Bonchev–Trinajstić information content (AvgIpc) is 2.14. The van der Waals surface area contributed by atoms with Crippen LogP contribution >= 0.6 is 34.8 Å². The number of carbonyl (C=O) groups is 1. The maximum absolute atomic E-state index is 11.4. The van der Waals surface area contributed by atoms with Crippen LogP contribution in [0.5, 0.6) is 0 Å². The number of hydrazine groups is 1. The van der Waals surface area contributed by atoms with Crippen molar-refractivity contribution in [3.63, 3.8) is 0 Å². The summed E-state index contributed by atoms with van der Waals surface area (Å²) in [6, 6.07) is 7.17. The Hall–Kier alpha value is -0.890. The van der Waals surface area contributed by atoms with Crippen molar-refractivity contribution in [2.45, 2.75) is 0 Å². The predicted molar refractivity (Wildman–Crippen MR) is 66.5 cm³/mol. The minimum atomic E-state index is -0.267. The van der Waals surface area contributed by atoms with E-state index in [1.165, 1.54) is 0 Å². The molecule has 74 valence electrons. The summed E-state index contributed by atoms with van der Waals surface area (Å²) in [6.45, 7) is 0. The van der Waals surface area contributed by atoms with E-state index in [9.17, 15) is 4.79 Å². The van der Waals surface area contributed by atoms with Crippen LogP contribution < -0.4 is 16.6 Å². The van der Waals surface area contributed by atoms with Gasteiger partial charge < -0.3 is 5.73 Å². The van der Waals surface area contributed by atoms with Crippen LogP contribution in [0, 0.1) is 3.57 Å². The second-order valence-corrected chi connectivity index (χ2v) is 4.14. The second-order valence-electron chi connectivity index (χ2n) is 2.45. The zero-order valence-corrected chi connectivity index (χ0v) is 10.1. The molecule has 0 aliphatic carbocycles. The number of hydrogen-bond donors (Lipinski definition) is 3. The number of nitrogens with one attached hydrogen (secondary N) is 2. The Balaban J connectivity index is 2.65. The van der Waals surface area contributed by atoms with Gasteiger partial charge in [-0.1, -0.05) is 6.07 Å². The van der Waals surface area contributed by atoms with Gasteiger partial charge in [-0.15, -0.1) is 0 Å².